The Balaban J connectivity index is 1.75. The number of aromatic nitrogens is 1. The molecule has 1 aliphatic rings. The van der Waals surface area contributed by atoms with Gasteiger partial charge in [-0.3, -0.25) is 4.79 Å². The zero-order valence-electron chi connectivity index (χ0n) is 13.4. The first kappa shape index (κ1) is 17.8. The highest BCUT2D eigenvalue weighted by atomic mass is 32.2. The van der Waals surface area contributed by atoms with Gasteiger partial charge in [-0.25, -0.2) is 9.78 Å². The number of carbonyl (C=O) groups excluding carboxylic acids is 2. The fourth-order valence-corrected chi connectivity index (χ4v) is 3.82. The van der Waals surface area contributed by atoms with Crippen LogP contribution < -0.4 is 5.32 Å². The van der Waals surface area contributed by atoms with Crippen LogP contribution in [0.25, 0.3) is 0 Å². The maximum absolute atomic E-state index is 12.0. The molecule has 128 valence electrons. The fourth-order valence-electron chi connectivity index (χ4n) is 2.63. The molecule has 0 spiro atoms. The quantitative estimate of drug-likeness (QED) is 0.720. The van der Waals surface area contributed by atoms with E-state index < -0.39 is 5.97 Å². The topological polar surface area (TPSA) is 90.7 Å². The van der Waals surface area contributed by atoms with E-state index >= 15 is 0 Å². The van der Waals surface area contributed by atoms with Gasteiger partial charge in [-0.1, -0.05) is 13.3 Å². The summed E-state index contributed by atoms with van der Waals surface area (Å²) in [5, 5.41) is 3.51. The number of ether oxygens (including phenoxy) is 2. The van der Waals surface area contributed by atoms with Gasteiger partial charge in [0.2, 0.25) is 5.91 Å². The maximum atomic E-state index is 12.0. The van der Waals surface area contributed by atoms with Crippen molar-refractivity contribution in [1.29, 1.82) is 0 Å². The first-order chi connectivity index (χ1) is 11.2. The summed E-state index contributed by atoms with van der Waals surface area (Å²) in [4.78, 5) is 27.2. The Morgan fingerprint density at radius 1 is 1.48 bits per heavy atom. The van der Waals surface area contributed by atoms with Gasteiger partial charge in [0, 0.05) is 11.3 Å². The molecule has 1 heterocycles. The summed E-state index contributed by atoms with van der Waals surface area (Å²) in [5.74, 6) is 0.560. The average molecular weight is 342 g/mol. The first-order valence-corrected chi connectivity index (χ1v) is 8.70. The molecule has 1 aliphatic carbocycles. The van der Waals surface area contributed by atoms with Crippen LogP contribution in [0.4, 0.5) is 0 Å². The minimum Gasteiger partial charge on any atom is -0.464 e. The summed E-state index contributed by atoms with van der Waals surface area (Å²) >= 11 is 1.89. The van der Waals surface area contributed by atoms with Crippen LogP contribution in [-0.4, -0.2) is 47.6 Å². The summed E-state index contributed by atoms with van der Waals surface area (Å²) in [6.07, 6.45) is 4.45. The Morgan fingerprint density at radius 3 is 3.04 bits per heavy atom. The molecule has 0 bridgehead atoms. The highest BCUT2D eigenvalue weighted by molar-refractivity contribution is 7.99. The van der Waals surface area contributed by atoms with Gasteiger partial charge in [-0.15, -0.1) is 0 Å². The molecule has 23 heavy (non-hydrogen) atoms. The van der Waals surface area contributed by atoms with Gasteiger partial charge in [0.25, 0.3) is 0 Å². The second-order valence-corrected chi connectivity index (χ2v) is 6.72. The molecule has 0 radical (unpaired) electrons. The lowest BCUT2D eigenvalue weighted by Gasteiger charge is -2.20. The molecule has 2 rings (SSSR count). The number of nitrogens with zero attached hydrogens (tertiary/aromatic N) is 1. The van der Waals surface area contributed by atoms with Crippen LogP contribution >= 0.6 is 11.8 Å². The molecule has 0 aromatic carbocycles. The summed E-state index contributed by atoms with van der Waals surface area (Å²) in [6.45, 7) is 2.04. The van der Waals surface area contributed by atoms with E-state index in [1.54, 1.807) is 0 Å². The van der Waals surface area contributed by atoms with Gasteiger partial charge in [0.05, 0.1) is 7.11 Å². The van der Waals surface area contributed by atoms with Crippen LogP contribution in [0.5, 0.6) is 0 Å². The summed E-state index contributed by atoms with van der Waals surface area (Å²) in [7, 11) is 1.27. The molecule has 1 saturated carbocycles. The molecular weight excluding hydrogens is 320 g/mol. The van der Waals surface area contributed by atoms with Crippen LogP contribution in [0.3, 0.4) is 0 Å². The smallest absolute Gasteiger partial charge is 0.360 e. The zero-order valence-corrected chi connectivity index (χ0v) is 14.2. The van der Waals surface area contributed by atoms with Crippen molar-refractivity contribution in [2.24, 2.45) is 0 Å². The van der Waals surface area contributed by atoms with Crippen molar-refractivity contribution in [2.75, 3.05) is 19.5 Å². The van der Waals surface area contributed by atoms with Crippen LogP contribution in [0.15, 0.2) is 10.8 Å². The lowest BCUT2D eigenvalue weighted by atomic mass is 10.2. The third kappa shape index (κ3) is 4.97. The predicted molar refractivity (Wildman–Crippen MR) is 85.2 cm³/mol. The van der Waals surface area contributed by atoms with E-state index in [2.05, 4.69) is 22.0 Å². The van der Waals surface area contributed by atoms with Gasteiger partial charge in [-0.05, 0) is 18.6 Å². The number of thioether (sulfide) groups is 1. The van der Waals surface area contributed by atoms with Crippen LogP contribution in [0, 0.1) is 0 Å². The van der Waals surface area contributed by atoms with Crippen molar-refractivity contribution >= 4 is 23.6 Å². The number of rotatable bonds is 8. The predicted octanol–water partition coefficient (Wildman–Crippen LogP) is 1.77. The highest BCUT2D eigenvalue weighted by Gasteiger charge is 2.28. The second-order valence-electron chi connectivity index (χ2n) is 5.21. The fraction of sp³-hybridized carbons (Fsp3) is 0.667. The van der Waals surface area contributed by atoms with E-state index in [1.165, 1.54) is 7.11 Å². The minimum atomic E-state index is -0.591. The van der Waals surface area contributed by atoms with E-state index in [-0.39, 0.29) is 36.6 Å². The standard InChI is InChI=1S/C15H22N2O5S/c1-3-23-12-6-4-5-10(12)17-13(18)8-21-7-11-14(15(19)20-2)16-9-22-11/h9-10,12H,3-8H2,1-2H3,(H,17,18). The van der Waals surface area contributed by atoms with Gasteiger partial charge in [0.15, 0.2) is 17.8 Å². The molecule has 1 N–H and O–H groups in total. The van der Waals surface area contributed by atoms with Crippen LogP contribution in [-0.2, 0) is 20.9 Å². The van der Waals surface area contributed by atoms with Crippen molar-refractivity contribution in [3.8, 4) is 0 Å². The molecule has 8 heteroatoms. The third-order valence-corrected chi connectivity index (χ3v) is 4.99. The average Bonchev–Trinajstić information content (AvgIpc) is 3.17. The van der Waals surface area contributed by atoms with Crippen molar-refractivity contribution in [3.05, 3.63) is 17.8 Å². The van der Waals surface area contributed by atoms with Crippen LogP contribution in [0.1, 0.15) is 42.4 Å². The van der Waals surface area contributed by atoms with Gasteiger partial charge < -0.3 is 19.2 Å². The Bertz CT molecular complexity index is 534. The van der Waals surface area contributed by atoms with Crippen molar-refractivity contribution in [3.63, 3.8) is 0 Å². The van der Waals surface area contributed by atoms with E-state index in [1.807, 2.05) is 11.8 Å². The molecule has 2 unspecified atom stereocenters. The third-order valence-electron chi connectivity index (χ3n) is 3.67. The van der Waals surface area contributed by atoms with Crippen molar-refractivity contribution < 1.29 is 23.5 Å². The largest absolute Gasteiger partial charge is 0.464 e. The Hall–Kier alpha value is -1.54. The zero-order chi connectivity index (χ0) is 16.7. The summed E-state index contributed by atoms with van der Waals surface area (Å²) < 4.78 is 15.0. The monoisotopic (exact) mass is 342 g/mol. The van der Waals surface area contributed by atoms with Crippen molar-refractivity contribution in [2.45, 2.75) is 44.1 Å². The number of esters is 1. The van der Waals surface area contributed by atoms with E-state index in [9.17, 15) is 9.59 Å². The maximum Gasteiger partial charge on any atom is 0.360 e. The number of carbonyl (C=O) groups is 2. The van der Waals surface area contributed by atoms with Gasteiger partial charge >= 0.3 is 5.97 Å². The number of methoxy groups -OCH3 is 1. The second kappa shape index (κ2) is 8.93. The number of hydrogen-bond acceptors (Lipinski definition) is 7. The number of oxazole rings is 1. The van der Waals surface area contributed by atoms with E-state index in [0.717, 1.165) is 31.4 Å². The molecule has 1 aromatic rings. The Labute approximate surface area is 139 Å². The molecule has 1 aromatic heterocycles. The lowest BCUT2D eigenvalue weighted by Crippen LogP contribution is -2.40. The Kier molecular flexibility index (Phi) is 6.91. The van der Waals surface area contributed by atoms with Crippen molar-refractivity contribution in [1.82, 2.24) is 10.3 Å². The summed E-state index contributed by atoms with van der Waals surface area (Å²) in [5.41, 5.74) is 0.0723. The normalized spacial score (nSPS) is 20.4. The lowest BCUT2D eigenvalue weighted by molar-refractivity contribution is -0.126. The molecule has 0 saturated heterocycles. The molecule has 1 fully saturated rings. The van der Waals surface area contributed by atoms with Gasteiger partial charge in [0.1, 0.15) is 13.2 Å². The highest BCUT2D eigenvalue weighted by Crippen LogP contribution is 2.29. The van der Waals surface area contributed by atoms with E-state index in [0.29, 0.717) is 5.25 Å². The molecule has 1 amide bonds. The first-order valence-electron chi connectivity index (χ1n) is 7.65. The molecule has 2 atom stereocenters. The number of amides is 1. The van der Waals surface area contributed by atoms with Crippen LogP contribution in [0.2, 0.25) is 0 Å². The SMILES string of the molecule is CCSC1CCCC1NC(=O)COCc1ocnc1C(=O)OC. The summed E-state index contributed by atoms with van der Waals surface area (Å²) in [6, 6.07) is 0.215. The minimum absolute atomic E-state index is 0.00431. The molecule has 7 nitrogen and oxygen atoms in total. The van der Waals surface area contributed by atoms with Gasteiger partial charge in [-0.2, -0.15) is 11.8 Å². The Morgan fingerprint density at radius 2 is 2.30 bits per heavy atom. The van der Waals surface area contributed by atoms with E-state index in [4.69, 9.17) is 9.15 Å². The molecular formula is C15H22N2O5S. The number of hydrogen-bond donors (Lipinski definition) is 1. The number of nitrogens with one attached hydrogen (secondary N) is 1. The molecule has 0 aliphatic heterocycles.